The van der Waals surface area contributed by atoms with E-state index in [4.69, 9.17) is 4.42 Å². The van der Waals surface area contributed by atoms with Crippen LogP contribution in [0.15, 0.2) is 57.9 Å². The molecular formula is C17H12F3NO3. The molecule has 3 rings (SSSR count). The van der Waals surface area contributed by atoms with Gasteiger partial charge in [-0.2, -0.15) is 13.2 Å². The number of rotatable bonds is 3. The van der Waals surface area contributed by atoms with E-state index in [1.54, 1.807) is 0 Å². The number of aromatic hydroxyl groups is 1. The molecule has 0 spiro atoms. The van der Waals surface area contributed by atoms with E-state index in [1.165, 1.54) is 36.6 Å². The highest BCUT2D eigenvalue weighted by atomic mass is 19.4. The third-order valence-electron chi connectivity index (χ3n) is 3.50. The van der Waals surface area contributed by atoms with E-state index in [1.807, 2.05) is 0 Å². The Morgan fingerprint density at radius 3 is 2.67 bits per heavy atom. The van der Waals surface area contributed by atoms with E-state index in [0.29, 0.717) is 0 Å². The Hall–Kier alpha value is -2.96. The lowest BCUT2D eigenvalue weighted by atomic mass is 10.1. The fourth-order valence-corrected chi connectivity index (χ4v) is 2.28. The summed E-state index contributed by atoms with van der Waals surface area (Å²) >= 11 is 0. The number of benzene rings is 2. The van der Waals surface area contributed by atoms with Crippen LogP contribution in [0.25, 0.3) is 11.0 Å². The minimum absolute atomic E-state index is 0.0143. The Labute approximate surface area is 134 Å². The first kappa shape index (κ1) is 15.9. The standard InChI is InChI=1S/C17H12F3NO3/c18-17(19,20)11-2-1-3-12(6-11)21-8-10-9-24-15-7-13(22)4-5-14(15)16(10)23/h1-7,9,21-22H,8H2. The van der Waals surface area contributed by atoms with E-state index < -0.39 is 11.7 Å². The third-order valence-corrected chi connectivity index (χ3v) is 3.50. The van der Waals surface area contributed by atoms with Crippen molar-refractivity contribution in [1.82, 2.24) is 0 Å². The van der Waals surface area contributed by atoms with Crippen molar-refractivity contribution in [3.05, 3.63) is 70.1 Å². The van der Waals surface area contributed by atoms with E-state index >= 15 is 0 Å². The summed E-state index contributed by atoms with van der Waals surface area (Å²) in [6.45, 7) is 0.0143. The molecule has 4 nitrogen and oxygen atoms in total. The fraction of sp³-hybridized carbons (Fsp3) is 0.118. The first-order valence-corrected chi connectivity index (χ1v) is 6.99. The van der Waals surface area contributed by atoms with Crippen LogP contribution in [-0.2, 0) is 12.7 Å². The smallest absolute Gasteiger partial charge is 0.416 e. The second kappa shape index (κ2) is 5.92. The van der Waals surface area contributed by atoms with E-state index in [2.05, 4.69) is 5.32 Å². The van der Waals surface area contributed by atoms with Gasteiger partial charge in [0.15, 0.2) is 5.43 Å². The molecule has 0 aliphatic heterocycles. The quantitative estimate of drug-likeness (QED) is 0.755. The molecule has 1 aromatic heterocycles. The average Bonchev–Trinajstić information content (AvgIpc) is 2.53. The minimum atomic E-state index is -4.43. The normalized spacial score (nSPS) is 11.6. The second-order valence-corrected chi connectivity index (χ2v) is 5.20. The number of hydrogen-bond acceptors (Lipinski definition) is 4. The molecule has 0 bridgehead atoms. The highest BCUT2D eigenvalue weighted by Gasteiger charge is 2.30. The SMILES string of the molecule is O=c1c(CNc2cccc(C(F)(F)F)c2)coc2cc(O)ccc12. The number of hydrogen-bond donors (Lipinski definition) is 2. The van der Waals surface area contributed by atoms with Crippen molar-refractivity contribution >= 4 is 16.7 Å². The molecule has 0 atom stereocenters. The summed E-state index contributed by atoms with van der Waals surface area (Å²) in [4.78, 5) is 12.3. The van der Waals surface area contributed by atoms with Crippen LogP contribution in [0, 0.1) is 0 Å². The Morgan fingerprint density at radius 2 is 1.92 bits per heavy atom. The van der Waals surface area contributed by atoms with Gasteiger partial charge in [0.1, 0.15) is 11.3 Å². The number of phenolic OH excluding ortho intramolecular Hbond substituents is 1. The van der Waals surface area contributed by atoms with Crippen molar-refractivity contribution in [2.24, 2.45) is 0 Å². The summed E-state index contributed by atoms with van der Waals surface area (Å²) in [7, 11) is 0. The van der Waals surface area contributed by atoms with Gasteiger partial charge in [-0.15, -0.1) is 0 Å². The summed E-state index contributed by atoms with van der Waals surface area (Å²) in [6.07, 6.45) is -3.20. The molecule has 0 saturated carbocycles. The van der Waals surface area contributed by atoms with Gasteiger partial charge in [0.05, 0.1) is 22.8 Å². The maximum Gasteiger partial charge on any atom is 0.416 e. The number of fused-ring (bicyclic) bond motifs is 1. The maximum absolute atomic E-state index is 12.7. The zero-order valence-electron chi connectivity index (χ0n) is 12.2. The van der Waals surface area contributed by atoms with Gasteiger partial charge in [0.2, 0.25) is 0 Å². The number of anilines is 1. The van der Waals surface area contributed by atoms with Gasteiger partial charge in [0, 0.05) is 18.3 Å². The minimum Gasteiger partial charge on any atom is -0.508 e. The topological polar surface area (TPSA) is 62.5 Å². The second-order valence-electron chi connectivity index (χ2n) is 5.20. The fourth-order valence-electron chi connectivity index (χ4n) is 2.28. The first-order valence-electron chi connectivity index (χ1n) is 6.99. The summed E-state index contributed by atoms with van der Waals surface area (Å²) in [5.74, 6) is -0.0273. The molecule has 24 heavy (non-hydrogen) atoms. The van der Waals surface area contributed by atoms with Crippen LogP contribution in [0.1, 0.15) is 11.1 Å². The van der Waals surface area contributed by atoms with Gasteiger partial charge in [-0.25, -0.2) is 0 Å². The van der Waals surface area contributed by atoms with Crippen LogP contribution >= 0.6 is 0 Å². The van der Waals surface area contributed by atoms with Gasteiger partial charge in [-0.1, -0.05) is 6.07 Å². The van der Waals surface area contributed by atoms with E-state index in [0.717, 1.165) is 12.1 Å². The molecule has 1 heterocycles. The number of halogens is 3. The van der Waals surface area contributed by atoms with Crippen LogP contribution in [0.4, 0.5) is 18.9 Å². The molecule has 0 saturated heterocycles. The summed E-state index contributed by atoms with van der Waals surface area (Å²) in [5, 5.41) is 12.4. The van der Waals surface area contributed by atoms with Gasteiger partial charge in [-0.05, 0) is 30.3 Å². The van der Waals surface area contributed by atoms with Gasteiger partial charge >= 0.3 is 6.18 Å². The Kier molecular flexibility index (Phi) is 3.92. The lowest BCUT2D eigenvalue weighted by molar-refractivity contribution is -0.137. The monoisotopic (exact) mass is 335 g/mol. The molecule has 124 valence electrons. The lowest BCUT2D eigenvalue weighted by Gasteiger charge is -2.10. The van der Waals surface area contributed by atoms with Crippen molar-refractivity contribution in [3.63, 3.8) is 0 Å². The predicted molar refractivity (Wildman–Crippen MR) is 82.9 cm³/mol. The lowest BCUT2D eigenvalue weighted by Crippen LogP contribution is -2.13. The molecule has 0 radical (unpaired) electrons. The van der Waals surface area contributed by atoms with Crippen LogP contribution in [0.3, 0.4) is 0 Å². The summed E-state index contributed by atoms with van der Waals surface area (Å²) < 4.78 is 43.4. The van der Waals surface area contributed by atoms with E-state index in [-0.39, 0.29) is 39.9 Å². The summed E-state index contributed by atoms with van der Waals surface area (Å²) in [5.41, 5.74) is -0.326. The van der Waals surface area contributed by atoms with Crippen molar-refractivity contribution in [3.8, 4) is 5.75 Å². The van der Waals surface area contributed by atoms with Crippen molar-refractivity contribution in [2.45, 2.75) is 12.7 Å². The predicted octanol–water partition coefficient (Wildman–Crippen LogP) is 4.13. The van der Waals surface area contributed by atoms with Crippen LogP contribution in [0.2, 0.25) is 0 Å². The zero-order valence-corrected chi connectivity index (χ0v) is 12.2. The number of nitrogens with one attached hydrogen (secondary N) is 1. The zero-order chi connectivity index (χ0) is 17.3. The molecule has 0 fully saturated rings. The van der Waals surface area contributed by atoms with Crippen molar-refractivity contribution < 1.29 is 22.7 Å². The van der Waals surface area contributed by atoms with Crippen LogP contribution in [-0.4, -0.2) is 5.11 Å². The molecule has 0 unspecified atom stereocenters. The number of alkyl halides is 3. The van der Waals surface area contributed by atoms with Crippen LogP contribution < -0.4 is 10.7 Å². The Bertz CT molecular complexity index is 948. The van der Waals surface area contributed by atoms with Gasteiger partial charge in [-0.3, -0.25) is 4.79 Å². The Balaban J connectivity index is 1.85. The average molecular weight is 335 g/mol. The number of phenols is 1. The highest BCUT2D eigenvalue weighted by Crippen LogP contribution is 2.30. The van der Waals surface area contributed by atoms with Crippen molar-refractivity contribution in [2.75, 3.05) is 5.32 Å². The van der Waals surface area contributed by atoms with E-state index in [9.17, 15) is 23.1 Å². The molecule has 3 aromatic rings. The molecule has 0 aliphatic carbocycles. The largest absolute Gasteiger partial charge is 0.508 e. The summed E-state index contributed by atoms with van der Waals surface area (Å²) in [6, 6.07) is 8.84. The Morgan fingerprint density at radius 1 is 1.12 bits per heavy atom. The molecule has 0 aliphatic rings. The molecule has 0 amide bonds. The third kappa shape index (κ3) is 3.19. The maximum atomic E-state index is 12.7. The highest BCUT2D eigenvalue weighted by molar-refractivity contribution is 5.78. The van der Waals surface area contributed by atoms with Crippen molar-refractivity contribution in [1.29, 1.82) is 0 Å². The molecule has 7 heteroatoms. The molecule has 2 aromatic carbocycles. The van der Waals surface area contributed by atoms with Crippen LogP contribution in [0.5, 0.6) is 5.75 Å². The van der Waals surface area contributed by atoms with Gasteiger partial charge in [0.25, 0.3) is 0 Å². The molecular weight excluding hydrogens is 323 g/mol. The molecule has 2 N–H and O–H groups in total. The van der Waals surface area contributed by atoms with Gasteiger partial charge < -0.3 is 14.8 Å². The first-order chi connectivity index (χ1) is 11.3.